The van der Waals surface area contributed by atoms with Gasteiger partial charge in [0.25, 0.3) is 0 Å². The maximum absolute atomic E-state index is 3.78. The van der Waals surface area contributed by atoms with E-state index in [-0.39, 0.29) is 0 Å². The summed E-state index contributed by atoms with van der Waals surface area (Å²) < 4.78 is 0. The lowest BCUT2D eigenvalue weighted by Gasteiger charge is -2.32. The highest BCUT2D eigenvalue weighted by Gasteiger charge is 2.22. The molecule has 0 saturated heterocycles. The van der Waals surface area contributed by atoms with Crippen molar-refractivity contribution in [2.24, 2.45) is 5.92 Å². The zero-order chi connectivity index (χ0) is 10.7. The van der Waals surface area contributed by atoms with Crippen LogP contribution >= 0.6 is 11.3 Å². The van der Waals surface area contributed by atoms with Gasteiger partial charge in [-0.3, -0.25) is 0 Å². The van der Waals surface area contributed by atoms with E-state index in [4.69, 9.17) is 0 Å². The summed E-state index contributed by atoms with van der Waals surface area (Å²) in [5.74, 6) is 0.848. The molecule has 1 aliphatic rings. The second kappa shape index (κ2) is 5.13. The van der Waals surface area contributed by atoms with Gasteiger partial charge >= 0.3 is 0 Å². The van der Waals surface area contributed by atoms with Gasteiger partial charge in [-0.25, -0.2) is 0 Å². The van der Waals surface area contributed by atoms with E-state index >= 15 is 0 Å². The van der Waals surface area contributed by atoms with Crippen LogP contribution < -0.4 is 5.32 Å². The molecule has 1 aromatic heterocycles. The maximum atomic E-state index is 3.78. The van der Waals surface area contributed by atoms with Crippen molar-refractivity contribution in [3.05, 3.63) is 22.4 Å². The highest BCUT2D eigenvalue weighted by atomic mass is 32.1. The van der Waals surface area contributed by atoms with Crippen molar-refractivity contribution in [1.29, 1.82) is 0 Å². The number of hydrogen-bond acceptors (Lipinski definition) is 2. The summed E-state index contributed by atoms with van der Waals surface area (Å²) in [5.41, 5.74) is 0. The van der Waals surface area contributed by atoms with Crippen LogP contribution in [0.4, 0.5) is 0 Å². The smallest absolute Gasteiger partial charge is 0.0388 e. The molecule has 2 heteroatoms. The molecule has 0 bridgehead atoms. The maximum Gasteiger partial charge on any atom is 0.0388 e. The van der Waals surface area contributed by atoms with Crippen molar-refractivity contribution in [2.45, 2.75) is 51.6 Å². The average Bonchev–Trinajstić information content (AvgIpc) is 2.74. The molecular formula is C13H21NS. The Bertz CT molecular complexity index is 281. The molecule has 1 fully saturated rings. The Kier molecular flexibility index (Phi) is 3.81. The lowest BCUT2D eigenvalue weighted by molar-refractivity contribution is 0.264. The Morgan fingerprint density at radius 1 is 1.40 bits per heavy atom. The fourth-order valence-electron chi connectivity index (χ4n) is 2.50. The van der Waals surface area contributed by atoms with Gasteiger partial charge in [0.05, 0.1) is 0 Å². The summed E-state index contributed by atoms with van der Waals surface area (Å²) in [7, 11) is 0. The van der Waals surface area contributed by atoms with Gasteiger partial charge in [-0.2, -0.15) is 0 Å². The Labute approximate surface area is 96.9 Å². The zero-order valence-electron chi connectivity index (χ0n) is 9.70. The first-order chi connectivity index (χ1) is 7.27. The molecule has 1 N–H and O–H groups in total. The molecule has 15 heavy (non-hydrogen) atoms. The molecule has 0 unspecified atom stereocenters. The molecule has 2 rings (SSSR count). The Hall–Kier alpha value is -0.340. The Balaban J connectivity index is 1.90. The molecule has 0 amide bonds. The Morgan fingerprint density at radius 2 is 2.20 bits per heavy atom. The van der Waals surface area contributed by atoms with Gasteiger partial charge in [-0.05, 0) is 37.1 Å². The first-order valence-electron chi connectivity index (χ1n) is 6.07. The Morgan fingerprint density at radius 3 is 2.87 bits per heavy atom. The molecule has 3 atom stereocenters. The molecule has 84 valence electrons. The van der Waals surface area contributed by atoms with Gasteiger partial charge < -0.3 is 5.32 Å². The van der Waals surface area contributed by atoms with Crippen molar-refractivity contribution < 1.29 is 0 Å². The standard InChI is InChI=1S/C13H21NS/c1-10-6-3-4-7-12(10)14-11(2)13-8-5-9-15-13/h5,8-12,14H,3-4,6-7H2,1-2H3/t10-,11-,12+/m0/s1. The van der Waals surface area contributed by atoms with Crippen LogP contribution in [-0.2, 0) is 0 Å². The fourth-order valence-corrected chi connectivity index (χ4v) is 3.25. The van der Waals surface area contributed by atoms with E-state index in [9.17, 15) is 0 Å². The monoisotopic (exact) mass is 223 g/mol. The van der Waals surface area contributed by atoms with Crippen LogP contribution in [0, 0.1) is 5.92 Å². The highest BCUT2D eigenvalue weighted by Crippen LogP contribution is 2.27. The van der Waals surface area contributed by atoms with E-state index in [2.05, 4.69) is 36.7 Å². The molecule has 0 aliphatic heterocycles. The van der Waals surface area contributed by atoms with E-state index in [1.807, 2.05) is 11.3 Å². The van der Waals surface area contributed by atoms with E-state index in [1.165, 1.54) is 30.6 Å². The summed E-state index contributed by atoms with van der Waals surface area (Å²) in [6.45, 7) is 4.67. The molecule has 0 spiro atoms. The quantitative estimate of drug-likeness (QED) is 0.817. The number of thiophene rings is 1. The molecule has 0 aromatic carbocycles. The highest BCUT2D eigenvalue weighted by molar-refractivity contribution is 7.10. The van der Waals surface area contributed by atoms with Crippen molar-refractivity contribution in [1.82, 2.24) is 5.32 Å². The van der Waals surface area contributed by atoms with Gasteiger partial charge in [-0.1, -0.05) is 25.8 Å². The minimum absolute atomic E-state index is 0.524. The zero-order valence-corrected chi connectivity index (χ0v) is 10.5. The van der Waals surface area contributed by atoms with Crippen molar-refractivity contribution in [2.75, 3.05) is 0 Å². The van der Waals surface area contributed by atoms with Crippen molar-refractivity contribution in [3.63, 3.8) is 0 Å². The van der Waals surface area contributed by atoms with Crippen LogP contribution in [0.5, 0.6) is 0 Å². The third-order valence-electron chi connectivity index (χ3n) is 3.55. The molecule has 1 heterocycles. The molecule has 1 aromatic rings. The van der Waals surface area contributed by atoms with Crippen LogP contribution in [-0.4, -0.2) is 6.04 Å². The van der Waals surface area contributed by atoms with Crippen LogP contribution in [0.3, 0.4) is 0 Å². The molecular weight excluding hydrogens is 202 g/mol. The van der Waals surface area contributed by atoms with Crippen molar-refractivity contribution >= 4 is 11.3 Å². The second-order valence-electron chi connectivity index (χ2n) is 4.77. The summed E-state index contributed by atoms with van der Waals surface area (Å²) in [6.07, 6.45) is 5.58. The van der Waals surface area contributed by atoms with Crippen molar-refractivity contribution in [3.8, 4) is 0 Å². The first kappa shape index (κ1) is 11.2. The van der Waals surface area contributed by atoms with E-state index in [0.29, 0.717) is 6.04 Å². The number of rotatable bonds is 3. The lowest BCUT2D eigenvalue weighted by atomic mass is 9.85. The summed E-state index contributed by atoms with van der Waals surface area (Å²) in [4.78, 5) is 1.47. The third kappa shape index (κ3) is 2.82. The lowest BCUT2D eigenvalue weighted by Crippen LogP contribution is -2.38. The minimum Gasteiger partial charge on any atom is -0.306 e. The van der Waals surface area contributed by atoms with Gasteiger partial charge in [0.1, 0.15) is 0 Å². The molecule has 1 aliphatic carbocycles. The minimum atomic E-state index is 0.524. The normalized spacial score (nSPS) is 28.9. The predicted molar refractivity (Wildman–Crippen MR) is 67.3 cm³/mol. The first-order valence-corrected chi connectivity index (χ1v) is 6.95. The largest absolute Gasteiger partial charge is 0.306 e. The summed E-state index contributed by atoms with van der Waals surface area (Å²) in [5, 5.41) is 5.95. The van der Waals surface area contributed by atoms with E-state index < -0.39 is 0 Å². The average molecular weight is 223 g/mol. The summed E-state index contributed by atoms with van der Waals surface area (Å²) in [6, 6.07) is 5.63. The van der Waals surface area contributed by atoms with Gasteiger partial charge in [0.15, 0.2) is 0 Å². The SMILES string of the molecule is C[C@H](N[C@@H]1CCCC[C@@H]1C)c1cccs1. The van der Waals surface area contributed by atoms with Gasteiger partial charge in [0.2, 0.25) is 0 Å². The van der Waals surface area contributed by atoms with Crippen LogP contribution in [0.1, 0.15) is 50.4 Å². The molecule has 1 nitrogen and oxygen atoms in total. The number of hydrogen-bond donors (Lipinski definition) is 1. The fraction of sp³-hybridized carbons (Fsp3) is 0.692. The van der Waals surface area contributed by atoms with Crippen LogP contribution in [0.2, 0.25) is 0 Å². The second-order valence-corrected chi connectivity index (χ2v) is 5.75. The summed E-state index contributed by atoms with van der Waals surface area (Å²) >= 11 is 1.86. The van der Waals surface area contributed by atoms with Gasteiger partial charge in [-0.15, -0.1) is 11.3 Å². The number of nitrogens with one attached hydrogen (secondary N) is 1. The molecule has 0 radical (unpaired) electrons. The topological polar surface area (TPSA) is 12.0 Å². The third-order valence-corrected chi connectivity index (χ3v) is 4.60. The van der Waals surface area contributed by atoms with Crippen LogP contribution in [0.25, 0.3) is 0 Å². The molecule has 1 saturated carbocycles. The van der Waals surface area contributed by atoms with E-state index in [1.54, 1.807) is 0 Å². The predicted octanol–water partition coefficient (Wildman–Crippen LogP) is 3.98. The van der Waals surface area contributed by atoms with E-state index in [0.717, 1.165) is 12.0 Å². The van der Waals surface area contributed by atoms with Crippen LogP contribution in [0.15, 0.2) is 17.5 Å². The van der Waals surface area contributed by atoms with Gasteiger partial charge in [0, 0.05) is 17.0 Å².